The van der Waals surface area contributed by atoms with Crippen LogP contribution in [0, 0.1) is 13.8 Å². The lowest BCUT2D eigenvalue weighted by Gasteiger charge is -2.09. The molecule has 0 amide bonds. The molecule has 0 unspecified atom stereocenters. The maximum atomic E-state index is 11.9. The molecular formula is C13H13NO5S. The lowest BCUT2D eigenvalue weighted by atomic mass is 10.0. The van der Waals surface area contributed by atoms with Crippen molar-refractivity contribution in [3.63, 3.8) is 0 Å². The highest BCUT2D eigenvalue weighted by molar-refractivity contribution is 7.90. The summed E-state index contributed by atoms with van der Waals surface area (Å²) >= 11 is 0. The third-order valence-corrected chi connectivity index (χ3v) is 4.13. The number of hydrogen-bond acceptors (Lipinski definition) is 5. The Kier molecular flexibility index (Phi) is 3.39. The number of sulfone groups is 1. The van der Waals surface area contributed by atoms with E-state index in [4.69, 9.17) is 5.11 Å². The smallest absolute Gasteiger partial charge is 0.374 e. The number of carboxylic acids is 1. The Morgan fingerprint density at radius 2 is 1.80 bits per heavy atom. The number of carbonyl (C=O) groups is 1. The van der Waals surface area contributed by atoms with Gasteiger partial charge in [0.15, 0.2) is 9.84 Å². The minimum Gasteiger partial charge on any atom is -0.475 e. The van der Waals surface area contributed by atoms with Crippen LogP contribution < -0.4 is 0 Å². The van der Waals surface area contributed by atoms with Gasteiger partial charge in [-0.2, -0.15) is 0 Å². The summed E-state index contributed by atoms with van der Waals surface area (Å²) in [5.41, 5.74) is 2.24. The van der Waals surface area contributed by atoms with E-state index in [0.29, 0.717) is 5.56 Å². The number of carboxylic acid groups (broad SMARTS) is 1. The summed E-state index contributed by atoms with van der Waals surface area (Å²) in [7, 11) is -3.46. The van der Waals surface area contributed by atoms with Crippen molar-refractivity contribution in [1.82, 2.24) is 5.16 Å². The average molecular weight is 295 g/mol. The Morgan fingerprint density at radius 3 is 2.30 bits per heavy atom. The summed E-state index contributed by atoms with van der Waals surface area (Å²) in [5, 5.41) is 12.5. The van der Waals surface area contributed by atoms with Crippen molar-refractivity contribution in [3.05, 3.63) is 35.1 Å². The van der Waals surface area contributed by atoms with Gasteiger partial charge in [-0.3, -0.25) is 0 Å². The molecule has 1 aromatic heterocycles. The zero-order valence-electron chi connectivity index (χ0n) is 11.2. The van der Waals surface area contributed by atoms with E-state index < -0.39 is 15.8 Å². The predicted molar refractivity (Wildman–Crippen MR) is 71.5 cm³/mol. The summed E-state index contributed by atoms with van der Waals surface area (Å²) < 4.78 is 28.4. The molecule has 0 aliphatic rings. The van der Waals surface area contributed by atoms with E-state index in [9.17, 15) is 13.2 Å². The van der Waals surface area contributed by atoms with Crippen molar-refractivity contribution in [2.24, 2.45) is 0 Å². The van der Waals surface area contributed by atoms with E-state index in [2.05, 4.69) is 9.68 Å². The topological polar surface area (TPSA) is 97.5 Å². The van der Waals surface area contributed by atoms with E-state index in [1.54, 1.807) is 19.1 Å². The molecule has 0 atom stereocenters. The average Bonchev–Trinajstić information content (AvgIpc) is 2.80. The molecule has 0 bridgehead atoms. The second kappa shape index (κ2) is 4.75. The van der Waals surface area contributed by atoms with Crippen molar-refractivity contribution in [2.45, 2.75) is 18.7 Å². The van der Waals surface area contributed by atoms with Crippen LogP contribution in [-0.2, 0) is 9.84 Å². The molecule has 106 valence electrons. The highest BCUT2D eigenvalue weighted by Crippen LogP contribution is 2.30. The van der Waals surface area contributed by atoms with Gasteiger partial charge in [-0.05, 0) is 37.1 Å². The third-order valence-electron chi connectivity index (χ3n) is 2.99. The summed E-state index contributed by atoms with van der Waals surface area (Å²) in [4.78, 5) is 10.9. The van der Waals surface area contributed by atoms with E-state index in [1.165, 1.54) is 6.07 Å². The minimum absolute atomic E-state index is 0.103. The zero-order chi connectivity index (χ0) is 15.1. The van der Waals surface area contributed by atoms with Gasteiger partial charge < -0.3 is 9.63 Å². The largest absolute Gasteiger partial charge is 0.475 e. The van der Waals surface area contributed by atoms with Crippen molar-refractivity contribution < 1.29 is 22.8 Å². The first kappa shape index (κ1) is 14.3. The van der Waals surface area contributed by atoms with Crippen LogP contribution in [0.1, 0.15) is 21.7 Å². The Labute approximate surface area is 115 Å². The normalized spacial score (nSPS) is 11.6. The van der Waals surface area contributed by atoms with Crippen LogP contribution >= 0.6 is 0 Å². The van der Waals surface area contributed by atoms with Gasteiger partial charge in [0, 0.05) is 17.9 Å². The quantitative estimate of drug-likeness (QED) is 0.930. The molecule has 20 heavy (non-hydrogen) atoms. The fourth-order valence-electron chi connectivity index (χ4n) is 1.80. The lowest BCUT2D eigenvalue weighted by Crippen LogP contribution is -2.02. The van der Waals surface area contributed by atoms with Crippen LogP contribution in [0.25, 0.3) is 11.3 Å². The maximum Gasteiger partial charge on any atom is 0.374 e. The number of rotatable bonds is 3. The van der Waals surface area contributed by atoms with Crippen molar-refractivity contribution in [2.75, 3.05) is 6.26 Å². The molecule has 2 rings (SSSR count). The molecule has 0 spiro atoms. The highest BCUT2D eigenvalue weighted by Gasteiger charge is 2.20. The molecule has 0 saturated carbocycles. The molecular weight excluding hydrogens is 282 g/mol. The second-order valence-corrected chi connectivity index (χ2v) is 6.57. The molecule has 1 N–H and O–H groups in total. The van der Waals surface area contributed by atoms with Crippen LogP contribution in [0.15, 0.2) is 27.6 Å². The molecule has 0 fully saturated rings. The first-order chi connectivity index (χ1) is 9.20. The van der Waals surface area contributed by atoms with Crippen molar-refractivity contribution in [3.8, 4) is 11.3 Å². The number of hydrogen-bond donors (Lipinski definition) is 1. The van der Waals surface area contributed by atoms with Gasteiger partial charge in [-0.1, -0.05) is 5.16 Å². The van der Waals surface area contributed by atoms with Crippen molar-refractivity contribution in [1.29, 1.82) is 0 Å². The molecule has 1 aromatic carbocycles. The maximum absolute atomic E-state index is 11.9. The fraction of sp³-hybridized carbons (Fsp3) is 0.231. The summed E-state index contributed by atoms with van der Waals surface area (Å²) in [5.74, 6) is -1.59. The van der Waals surface area contributed by atoms with Crippen LogP contribution in [-0.4, -0.2) is 30.9 Å². The third kappa shape index (κ3) is 2.57. The summed E-state index contributed by atoms with van der Waals surface area (Å²) in [6.07, 6.45) is 1.10. The fourth-order valence-corrected chi connectivity index (χ4v) is 2.75. The molecule has 0 saturated heterocycles. The predicted octanol–water partition coefficient (Wildman–Crippen LogP) is 2.06. The monoisotopic (exact) mass is 295 g/mol. The second-order valence-electron chi connectivity index (χ2n) is 4.59. The molecule has 0 radical (unpaired) electrons. The zero-order valence-corrected chi connectivity index (χ0v) is 12.0. The highest BCUT2D eigenvalue weighted by atomic mass is 32.2. The number of aromatic nitrogens is 1. The van der Waals surface area contributed by atoms with Crippen molar-refractivity contribution >= 4 is 15.8 Å². The van der Waals surface area contributed by atoms with Crippen LogP contribution in [0.5, 0.6) is 0 Å². The van der Waals surface area contributed by atoms with Gasteiger partial charge in [0.2, 0.25) is 5.76 Å². The molecule has 1 heterocycles. The van der Waals surface area contributed by atoms with Crippen LogP contribution in [0.2, 0.25) is 0 Å². The van der Waals surface area contributed by atoms with Gasteiger partial charge in [0.25, 0.3) is 0 Å². The molecule has 0 aliphatic carbocycles. The van der Waals surface area contributed by atoms with E-state index in [-0.39, 0.29) is 16.3 Å². The first-order valence-corrected chi connectivity index (χ1v) is 7.61. The van der Waals surface area contributed by atoms with Gasteiger partial charge in [0.1, 0.15) is 5.69 Å². The number of aromatic carboxylic acids is 1. The number of benzene rings is 1. The standard InChI is InChI=1S/C13H13NO5S/c1-7-4-9(10-6-11(13(15)16)19-14-10)12(5-8(7)2)20(3,17)18/h4-6H,1-3H3,(H,15,16). The van der Waals surface area contributed by atoms with E-state index >= 15 is 0 Å². The van der Waals surface area contributed by atoms with E-state index in [1.807, 2.05) is 6.92 Å². The Bertz CT molecular complexity index is 789. The number of nitrogens with zero attached hydrogens (tertiary/aromatic N) is 1. The SMILES string of the molecule is Cc1cc(-c2cc(C(=O)O)on2)c(S(C)(=O)=O)cc1C. The van der Waals surface area contributed by atoms with E-state index in [0.717, 1.165) is 17.4 Å². The van der Waals surface area contributed by atoms with Crippen LogP contribution in [0.4, 0.5) is 0 Å². The van der Waals surface area contributed by atoms with Gasteiger partial charge >= 0.3 is 5.97 Å². The Hall–Kier alpha value is -2.15. The van der Waals surface area contributed by atoms with Gasteiger partial charge in [0.05, 0.1) is 4.90 Å². The Morgan fingerprint density at radius 1 is 1.20 bits per heavy atom. The molecule has 6 nitrogen and oxygen atoms in total. The molecule has 2 aromatic rings. The minimum atomic E-state index is -3.46. The summed E-state index contributed by atoms with van der Waals surface area (Å²) in [6.45, 7) is 3.64. The number of aryl methyl sites for hydroxylation is 2. The van der Waals surface area contributed by atoms with Crippen LogP contribution in [0.3, 0.4) is 0 Å². The van der Waals surface area contributed by atoms with Gasteiger partial charge in [-0.25, -0.2) is 13.2 Å². The lowest BCUT2D eigenvalue weighted by molar-refractivity contribution is 0.0652. The van der Waals surface area contributed by atoms with Gasteiger partial charge in [-0.15, -0.1) is 0 Å². The molecule has 0 aliphatic heterocycles. The molecule has 7 heteroatoms. The Balaban J connectivity index is 2.72. The summed E-state index contributed by atoms with van der Waals surface area (Å²) in [6, 6.07) is 4.42. The first-order valence-electron chi connectivity index (χ1n) is 5.72.